The smallest absolute Gasteiger partial charge is 0.289 e. The third kappa shape index (κ3) is 2.43. The summed E-state index contributed by atoms with van der Waals surface area (Å²) in [5.41, 5.74) is 0.780. The fourth-order valence-corrected chi connectivity index (χ4v) is 2.11. The van der Waals surface area contributed by atoms with Crippen molar-refractivity contribution >= 4 is 11.4 Å². The molecule has 0 amide bonds. The highest BCUT2D eigenvalue weighted by molar-refractivity contribution is 5.60. The van der Waals surface area contributed by atoms with Crippen LogP contribution in [0.1, 0.15) is 18.9 Å². The Morgan fingerprint density at radius 3 is 2.78 bits per heavy atom. The van der Waals surface area contributed by atoms with Crippen LogP contribution in [0.25, 0.3) is 0 Å². The summed E-state index contributed by atoms with van der Waals surface area (Å²) in [7, 11) is 1.93. The van der Waals surface area contributed by atoms with Gasteiger partial charge in [0.2, 0.25) is 0 Å². The summed E-state index contributed by atoms with van der Waals surface area (Å²) in [5, 5.41) is 19.7. The molecule has 1 fully saturated rings. The Labute approximate surface area is 106 Å². The van der Waals surface area contributed by atoms with E-state index in [9.17, 15) is 10.1 Å². The largest absolute Gasteiger partial charge is 0.374 e. The molecule has 5 heteroatoms. The standard InChI is InChI=1S/C13H15N3O2/c1-9-5-11(9)8-15(2)12-4-3-10(7-14)13(6-12)16(17)18/h3-4,6,9,11H,5,8H2,1-2H3. The highest BCUT2D eigenvalue weighted by Gasteiger charge is 2.33. The molecule has 0 N–H and O–H groups in total. The van der Waals surface area contributed by atoms with Crippen molar-refractivity contribution in [2.45, 2.75) is 13.3 Å². The van der Waals surface area contributed by atoms with E-state index in [4.69, 9.17) is 5.26 Å². The monoisotopic (exact) mass is 245 g/mol. The van der Waals surface area contributed by atoms with Crippen LogP contribution in [0.2, 0.25) is 0 Å². The molecule has 5 nitrogen and oxygen atoms in total. The maximum absolute atomic E-state index is 10.9. The van der Waals surface area contributed by atoms with E-state index in [0.717, 1.165) is 18.2 Å². The molecule has 1 aromatic carbocycles. The van der Waals surface area contributed by atoms with Gasteiger partial charge in [0.15, 0.2) is 0 Å². The lowest BCUT2D eigenvalue weighted by atomic mass is 10.1. The fraction of sp³-hybridized carbons (Fsp3) is 0.462. The van der Waals surface area contributed by atoms with Crippen LogP contribution in [-0.2, 0) is 0 Å². The van der Waals surface area contributed by atoms with Crippen LogP contribution in [0.5, 0.6) is 0 Å². The average Bonchev–Trinajstić information content (AvgIpc) is 3.03. The third-order valence-corrected chi connectivity index (χ3v) is 3.52. The lowest BCUT2D eigenvalue weighted by Crippen LogP contribution is -2.20. The molecule has 94 valence electrons. The van der Waals surface area contributed by atoms with E-state index < -0.39 is 4.92 Å². The number of nitrogens with zero attached hydrogens (tertiary/aromatic N) is 3. The van der Waals surface area contributed by atoms with Crippen LogP contribution >= 0.6 is 0 Å². The van der Waals surface area contributed by atoms with Crippen LogP contribution < -0.4 is 4.90 Å². The Morgan fingerprint density at radius 1 is 1.61 bits per heavy atom. The van der Waals surface area contributed by atoms with E-state index in [2.05, 4.69) is 6.92 Å². The van der Waals surface area contributed by atoms with Gasteiger partial charge in [0.25, 0.3) is 5.69 Å². The second kappa shape index (κ2) is 4.65. The number of nitro benzene ring substituents is 1. The van der Waals surface area contributed by atoms with Crippen molar-refractivity contribution in [1.82, 2.24) is 0 Å². The number of hydrogen-bond donors (Lipinski definition) is 0. The van der Waals surface area contributed by atoms with Crippen molar-refractivity contribution in [3.05, 3.63) is 33.9 Å². The molecule has 0 aromatic heterocycles. The molecule has 0 bridgehead atoms. The van der Waals surface area contributed by atoms with Crippen LogP contribution in [0.15, 0.2) is 18.2 Å². The summed E-state index contributed by atoms with van der Waals surface area (Å²) >= 11 is 0. The number of nitro groups is 1. The van der Waals surface area contributed by atoms with Gasteiger partial charge in [-0.25, -0.2) is 0 Å². The van der Waals surface area contributed by atoms with E-state index in [1.54, 1.807) is 6.07 Å². The Balaban J connectivity index is 2.21. The molecule has 1 aromatic rings. The lowest BCUT2D eigenvalue weighted by Gasteiger charge is -2.19. The maximum atomic E-state index is 10.9. The predicted octanol–water partition coefficient (Wildman–Crippen LogP) is 2.56. The quantitative estimate of drug-likeness (QED) is 0.603. The highest BCUT2D eigenvalue weighted by atomic mass is 16.6. The summed E-state index contributed by atoms with van der Waals surface area (Å²) < 4.78 is 0. The Hall–Kier alpha value is -2.09. The van der Waals surface area contributed by atoms with Gasteiger partial charge in [-0.3, -0.25) is 10.1 Å². The maximum Gasteiger partial charge on any atom is 0.289 e. The summed E-state index contributed by atoms with van der Waals surface area (Å²) in [4.78, 5) is 12.4. The number of rotatable bonds is 4. The van der Waals surface area contributed by atoms with Crippen LogP contribution in [0, 0.1) is 33.3 Å². The van der Waals surface area contributed by atoms with Crippen molar-refractivity contribution in [3.63, 3.8) is 0 Å². The number of nitriles is 1. The second-order valence-electron chi connectivity index (χ2n) is 4.92. The topological polar surface area (TPSA) is 70.2 Å². The summed E-state index contributed by atoms with van der Waals surface area (Å²) in [5.74, 6) is 1.44. The Kier molecular flexibility index (Phi) is 3.19. The molecule has 2 unspecified atom stereocenters. The molecule has 0 heterocycles. The van der Waals surface area contributed by atoms with Gasteiger partial charge in [0, 0.05) is 25.3 Å². The van der Waals surface area contributed by atoms with Gasteiger partial charge in [-0.05, 0) is 30.4 Å². The van der Waals surface area contributed by atoms with E-state index >= 15 is 0 Å². The van der Waals surface area contributed by atoms with Crippen molar-refractivity contribution in [3.8, 4) is 6.07 Å². The van der Waals surface area contributed by atoms with Crippen LogP contribution in [0.4, 0.5) is 11.4 Å². The average molecular weight is 245 g/mol. The van der Waals surface area contributed by atoms with Crippen LogP contribution in [0.3, 0.4) is 0 Å². The van der Waals surface area contributed by atoms with Gasteiger partial charge in [-0.2, -0.15) is 5.26 Å². The molecular weight excluding hydrogens is 230 g/mol. The first-order valence-electron chi connectivity index (χ1n) is 5.92. The van der Waals surface area contributed by atoms with E-state index in [0.29, 0.717) is 5.92 Å². The van der Waals surface area contributed by atoms with Crippen molar-refractivity contribution in [2.24, 2.45) is 11.8 Å². The zero-order valence-corrected chi connectivity index (χ0v) is 10.5. The van der Waals surface area contributed by atoms with Gasteiger partial charge in [0.05, 0.1) is 4.92 Å². The van der Waals surface area contributed by atoms with E-state index in [-0.39, 0.29) is 11.3 Å². The third-order valence-electron chi connectivity index (χ3n) is 3.52. The van der Waals surface area contributed by atoms with E-state index in [1.165, 1.54) is 18.6 Å². The minimum atomic E-state index is -0.504. The molecule has 18 heavy (non-hydrogen) atoms. The molecular formula is C13H15N3O2. The molecule has 0 aliphatic heterocycles. The lowest BCUT2D eigenvalue weighted by molar-refractivity contribution is -0.385. The van der Waals surface area contributed by atoms with Crippen molar-refractivity contribution in [2.75, 3.05) is 18.5 Å². The molecule has 0 saturated heterocycles. The first kappa shape index (κ1) is 12.4. The predicted molar refractivity (Wildman–Crippen MR) is 68.4 cm³/mol. The minimum Gasteiger partial charge on any atom is -0.374 e. The highest BCUT2D eigenvalue weighted by Crippen LogP contribution is 2.39. The van der Waals surface area contributed by atoms with Gasteiger partial charge < -0.3 is 4.90 Å². The second-order valence-corrected chi connectivity index (χ2v) is 4.92. The normalized spacial score (nSPS) is 21.2. The van der Waals surface area contributed by atoms with Crippen molar-refractivity contribution in [1.29, 1.82) is 5.26 Å². The minimum absolute atomic E-state index is 0.108. The molecule has 0 radical (unpaired) electrons. The van der Waals surface area contributed by atoms with Gasteiger partial charge in [-0.1, -0.05) is 6.92 Å². The molecule has 1 saturated carbocycles. The number of anilines is 1. The molecule has 2 atom stereocenters. The first-order valence-corrected chi connectivity index (χ1v) is 5.92. The van der Waals surface area contributed by atoms with Gasteiger partial charge in [0.1, 0.15) is 11.6 Å². The SMILES string of the molecule is CC1CC1CN(C)c1ccc(C#N)c([N+](=O)[O-])c1. The zero-order chi connectivity index (χ0) is 13.3. The molecule has 1 aliphatic carbocycles. The summed E-state index contributed by atoms with van der Waals surface area (Å²) in [6.45, 7) is 3.12. The first-order chi connectivity index (χ1) is 8.52. The van der Waals surface area contributed by atoms with E-state index in [1.807, 2.05) is 18.0 Å². The van der Waals surface area contributed by atoms with Gasteiger partial charge >= 0.3 is 0 Å². The van der Waals surface area contributed by atoms with Crippen molar-refractivity contribution < 1.29 is 4.92 Å². The number of hydrogen-bond acceptors (Lipinski definition) is 4. The molecule has 2 rings (SSSR count). The number of benzene rings is 1. The Morgan fingerprint density at radius 2 is 2.28 bits per heavy atom. The Bertz CT molecular complexity index is 521. The molecule has 0 spiro atoms. The molecule has 1 aliphatic rings. The van der Waals surface area contributed by atoms with Gasteiger partial charge in [-0.15, -0.1) is 0 Å². The fourth-order valence-electron chi connectivity index (χ4n) is 2.11. The van der Waals surface area contributed by atoms with Crippen LogP contribution in [-0.4, -0.2) is 18.5 Å². The summed E-state index contributed by atoms with van der Waals surface area (Å²) in [6.07, 6.45) is 1.22. The summed E-state index contributed by atoms with van der Waals surface area (Å²) in [6, 6.07) is 6.60. The zero-order valence-electron chi connectivity index (χ0n) is 10.5.